The van der Waals surface area contributed by atoms with Gasteiger partial charge in [-0.05, 0) is 30.4 Å². The van der Waals surface area contributed by atoms with Crippen molar-refractivity contribution in [2.45, 2.75) is 18.2 Å². The van der Waals surface area contributed by atoms with E-state index >= 15 is 0 Å². The van der Waals surface area contributed by atoms with Gasteiger partial charge in [-0.25, -0.2) is 0 Å². The van der Waals surface area contributed by atoms with Crippen LogP contribution in [0.5, 0.6) is 0 Å². The van der Waals surface area contributed by atoms with Gasteiger partial charge in [0.05, 0.1) is 17.6 Å². The number of ether oxygens (including phenoxy) is 1. The molecule has 2 fully saturated rings. The summed E-state index contributed by atoms with van der Waals surface area (Å²) in [5.74, 6) is -0.277. The number of carbonyl (C=O) groups is 2. The highest BCUT2D eigenvalue weighted by Crippen LogP contribution is 2.43. The molecule has 0 spiro atoms. The van der Waals surface area contributed by atoms with Crippen molar-refractivity contribution >= 4 is 35.2 Å². The number of thioether (sulfide) groups is 1. The smallest absolute Gasteiger partial charge is 0.311 e. The van der Waals surface area contributed by atoms with Crippen molar-refractivity contribution < 1.29 is 19.4 Å². The van der Waals surface area contributed by atoms with E-state index in [0.29, 0.717) is 36.8 Å². The summed E-state index contributed by atoms with van der Waals surface area (Å²) in [5.41, 5.74) is -0.287. The predicted octanol–water partition coefficient (Wildman–Crippen LogP) is 3.02. The van der Waals surface area contributed by atoms with Crippen LogP contribution in [0.25, 0.3) is 0 Å². The number of carboxylic acids is 1. The van der Waals surface area contributed by atoms with E-state index in [4.69, 9.17) is 16.3 Å². The number of fused-ring (bicyclic) bond motifs is 1. The summed E-state index contributed by atoms with van der Waals surface area (Å²) in [6.07, 6.45) is 0.452. The summed E-state index contributed by atoms with van der Waals surface area (Å²) in [6, 6.07) is 5.23. The average Bonchev–Trinajstić information content (AvgIpc) is 2.96. The summed E-state index contributed by atoms with van der Waals surface area (Å²) < 4.78 is 5.45. The number of likely N-dealkylation sites (tertiary alicyclic amines) is 1. The topological polar surface area (TPSA) is 66.8 Å². The molecule has 0 saturated carbocycles. The first-order chi connectivity index (χ1) is 11.5. The Morgan fingerprint density at radius 1 is 1.50 bits per heavy atom. The van der Waals surface area contributed by atoms with Crippen LogP contribution < -0.4 is 0 Å². The fourth-order valence-corrected chi connectivity index (χ4v) is 4.64. The molecule has 2 heterocycles. The number of carboxylic acid groups (broad SMARTS) is 1. The quantitative estimate of drug-likeness (QED) is 0.826. The van der Waals surface area contributed by atoms with E-state index in [-0.39, 0.29) is 18.4 Å². The van der Waals surface area contributed by atoms with Crippen LogP contribution in [0.3, 0.4) is 0 Å². The van der Waals surface area contributed by atoms with Crippen LogP contribution >= 0.6 is 23.4 Å². The second-order valence-corrected chi connectivity index (χ2v) is 7.98. The zero-order valence-electron chi connectivity index (χ0n) is 13.5. The van der Waals surface area contributed by atoms with Crippen molar-refractivity contribution in [2.24, 2.45) is 11.3 Å². The van der Waals surface area contributed by atoms with Crippen LogP contribution in [-0.2, 0) is 9.53 Å². The van der Waals surface area contributed by atoms with E-state index in [1.165, 1.54) is 0 Å². The second-order valence-electron chi connectivity index (χ2n) is 6.24. The fraction of sp³-hybridized carbons (Fsp3) is 0.529. The van der Waals surface area contributed by atoms with E-state index in [0.717, 1.165) is 10.6 Å². The molecule has 0 bridgehead atoms. The van der Waals surface area contributed by atoms with Gasteiger partial charge in [0.2, 0.25) is 0 Å². The highest BCUT2D eigenvalue weighted by Gasteiger charge is 2.55. The third-order valence-electron chi connectivity index (χ3n) is 4.89. The number of rotatable bonds is 4. The largest absolute Gasteiger partial charge is 0.481 e. The Kier molecular flexibility index (Phi) is 5.08. The summed E-state index contributed by atoms with van der Waals surface area (Å²) in [6.45, 7) is 3.51. The van der Waals surface area contributed by atoms with Crippen LogP contribution in [0.4, 0.5) is 0 Å². The maximum absolute atomic E-state index is 13.0. The molecule has 24 heavy (non-hydrogen) atoms. The Morgan fingerprint density at radius 2 is 2.29 bits per heavy atom. The number of amides is 1. The van der Waals surface area contributed by atoms with Gasteiger partial charge in [-0.2, -0.15) is 0 Å². The SMILES string of the molecule is CCSc1cc(Cl)ccc1C(=O)N1C[C@H]2COCC[C@@]2(C(=O)O)C1. The number of carbonyl (C=O) groups excluding carboxylic acids is 1. The maximum atomic E-state index is 13.0. The first-order valence-corrected chi connectivity index (χ1v) is 9.37. The normalized spacial score (nSPS) is 26.2. The molecule has 1 aromatic carbocycles. The fourth-order valence-electron chi connectivity index (χ4n) is 3.57. The van der Waals surface area contributed by atoms with E-state index in [1.54, 1.807) is 34.9 Å². The molecule has 1 amide bonds. The van der Waals surface area contributed by atoms with E-state index in [2.05, 4.69) is 0 Å². The molecule has 0 unspecified atom stereocenters. The van der Waals surface area contributed by atoms with Crippen molar-refractivity contribution in [2.75, 3.05) is 32.1 Å². The Morgan fingerprint density at radius 3 is 2.96 bits per heavy atom. The van der Waals surface area contributed by atoms with Gasteiger partial charge in [0.25, 0.3) is 5.91 Å². The van der Waals surface area contributed by atoms with Gasteiger partial charge in [-0.3, -0.25) is 9.59 Å². The monoisotopic (exact) mass is 369 g/mol. The van der Waals surface area contributed by atoms with Crippen LogP contribution in [0.2, 0.25) is 5.02 Å². The lowest BCUT2D eigenvalue weighted by Crippen LogP contribution is -2.45. The molecule has 130 valence electrons. The van der Waals surface area contributed by atoms with Crippen molar-refractivity contribution in [3.8, 4) is 0 Å². The number of nitrogens with zero attached hydrogens (tertiary/aromatic N) is 1. The zero-order valence-corrected chi connectivity index (χ0v) is 15.0. The lowest BCUT2D eigenvalue weighted by Gasteiger charge is -2.33. The van der Waals surface area contributed by atoms with E-state index in [9.17, 15) is 14.7 Å². The van der Waals surface area contributed by atoms with Gasteiger partial charge in [-0.15, -0.1) is 11.8 Å². The molecule has 2 saturated heterocycles. The van der Waals surface area contributed by atoms with Crippen molar-refractivity contribution in [1.29, 1.82) is 0 Å². The molecule has 2 aliphatic heterocycles. The maximum Gasteiger partial charge on any atom is 0.311 e. The Hall–Kier alpha value is -1.24. The second kappa shape index (κ2) is 6.94. The molecule has 0 aromatic heterocycles. The Bertz CT molecular complexity index is 668. The molecule has 5 nitrogen and oxygen atoms in total. The first kappa shape index (κ1) is 17.6. The van der Waals surface area contributed by atoms with Gasteiger partial charge in [0, 0.05) is 35.5 Å². The molecule has 2 aliphatic rings. The zero-order chi connectivity index (χ0) is 17.3. The molecular weight excluding hydrogens is 350 g/mol. The van der Waals surface area contributed by atoms with Crippen molar-refractivity contribution in [3.05, 3.63) is 28.8 Å². The Labute approximate surface area is 150 Å². The predicted molar refractivity (Wildman–Crippen MR) is 92.7 cm³/mol. The first-order valence-electron chi connectivity index (χ1n) is 8.00. The van der Waals surface area contributed by atoms with E-state index < -0.39 is 11.4 Å². The molecule has 7 heteroatoms. The molecule has 0 radical (unpaired) electrons. The minimum atomic E-state index is -0.877. The van der Waals surface area contributed by atoms with Gasteiger partial charge in [-0.1, -0.05) is 18.5 Å². The van der Waals surface area contributed by atoms with Crippen LogP contribution in [0, 0.1) is 11.3 Å². The standard InChI is InChI=1S/C17H20ClNO4S/c1-2-24-14-7-12(18)3-4-13(14)15(20)19-8-11-9-23-6-5-17(11,10-19)16(21)22/h3-4,7,11H,2,5-6,8-10H2,1H3,(H,21,22)/t11-,17+/m0/s1. The average molecular weight is 370 g/mol. The lowest BCUT2D eigenvalue weighted by molar-refractivity contribution is -0.157. The highest BCUT2D eigenvalue weighted by molar-refractivity contribution is 7.99. The van der Waals surface area contributed by atoms with Gasteiger partial charge >= 0.3 is 5.97 Å². The minimum absolute atomic E-state index is 0.127. The summed E-state index contributed by atoms with van der Waals surface area (Å²) in [4.78, 5) is 27.4. The molecule has 1 aromatic rings. The molecule has 3 rings (SSSR count). The van der Waals surface area contributed by atoms with Gasteiger partial charge in [0.1, 0.15) is 0 Å². The summed E-state index contributed by atoms with van der Waals surface area (Å²) in [7, 11) is 0. The van der Waals surface area contributed by atoms with Crippen LogP contribution in [0.1, 0.15) is 23.7 Å². The summed E-state index contributed by atoms with van der Waals surface area (Å²) >= 11 is 7.61. The van der Waals surface area contributed by atoms with Gasteiger partial charge in [0.15, 0.2) is 0 Å². The number of benzene rings is 1. The van der Waals surface area contributed by atoms with Crippen molar-refractivity contribution in [1.82, 2.24) is 4.90 Å². The molecular formula is C17H20ClNO4S. The van der Waals surface area contributed by atoms with Crippen LogP contribution in [-0.4, -0.2) is 53.9 Å². The molecule has 1 N–H and O–H groups in total. The van der Waals surface area contributed by atoms with E-state index in [1.807, 2.05) is 6.92 Å². The minimum Gasteiger partial charge on any atom is -0.481 e. The number of halogens is 1. The van der Waals surface area contributed by atoms with Gasteiger partial charge < -0.3 is 14.7 Å². The van der Waals surface area contributed by atoms with Crippen LogP contribution in [0.15, 0.2) is 23.1 Å². The van der Waals surface area contributed by atoms with Crippen molar-refractivity contribution in [3.63, 3.8) is 0 Å². The number of hydrogen-bond acceptors (Lipinski definition) is 4. The third-order valence-corrected chi connectivity index (χ3v) is 6.07. The molecule has 0 aliphatic carbocycles. The number of hydrogen-bond donors (Lipinski definition) is 1. The lowest BCUT2D eigenvalue weighted by atomic mass is 9.74. The number of aliphatic carboxylic acids is 1. The molecule has 2 atom stereocenters. The third kappa shape index (κ3) is 3.03. The highest BCUT2D eigenvalue weighted by atomic mass is 35.5. The Balaban J connectivity index is 1.88. The summed E-state index contributed by atoms with van der Waals surface area (Å²) in [5, 5.41) is 10.3.